The number of likely N-dealkylation sites (tertiary alicyclic amines) is 1. The van der Waals surface area contributed by atoms with Crippen LogP contribution >= 0.6 is 34.5 Å². The molecule has 8 heteroatoms. The third-order valence-corrected chi connectivity index (χ3v) is 7.79. The molecule has 0 aliphatic carbocycles. The Kier molecular flexibility index (Phi) is 8.35. The molecule has 0 atom stereocenters. The van der Waals surface area contributed by atoms with Crippen LogP contribution in [0.4, 0.5) is 5.69 Å². The van der Waals surface area contributed by atoms with Crippen molar-refractivity contribution >= 4 is 46.1 Å². The van der Waals surface area contributed by atoms with Crippen molar-refractivity contribution in [2.24, 2.45) is 0 Å². The highest BCUT2D eigenvalue weighted by molar-refractivity contribution is 7.10. The number of benzene rings is 2. The molecule has 34 heavy (non-hydrogen) atoms. The van der Waals surface area contributed by atoms with Crippen LogP contribution in [0.15, 0.2) is 47.8 Å². The van der Waals surface area contributed by atoms with Crippen molar-refractivity contribution in [2.45, 2.75) is 32.6 Å². The Bertz CT molecular complexity index is 1110. The molecule has 0 radical (unpaired) electrons. The molecule has 2 aromatic carbocycles. The van der Waals surface area contributed by atoms with Crippen LogP contribution in [0.1, 0.15) is 37.6 Å². The molecule has 0 unspecified atom stereocenters. The van der Waals surface area contributed by atoms with Gasteiger partial charge in [-0.05, 0) is 57.0 Å². The van der Waals surface area contributed by atoms with Crippen molar-refractivity contribution in [1.29, 1.82) is 0 Å². The molecule has 1 aliphatic rings. The zero-order valence-electron chi connectivity index (χ0n) is 19.5. The topological polar surface area (TPSA) is 45.7 Å². The zero-order chi connectivity index (χ0) is 24.1. The van der Waals surface area contributed by atoms with E-state index in [1.54, 1.807) is 29.5 Å². The van der Waals surface area contributed by atoms with E-state index in [4.69, 9.17) is 32.9 Å². The van der Waals surface area contributed by atoms with Crippen molar-refractivity contribution in [2.75, 3.05) is 37.7 Å². The monoisotopic (exact) mass is 517 g/mol. The Morgan fingerprint density at radius 1 is 1.12 bits per heavy atom. The minimum Gasteiger partial charge on any atom is -0.482 e. The highest BCUT2D eigenvalue weighted by Crippen LogP contribution is 2.34. The molecule has 4 rings (SSSR count). The Labute approximate surface area is 215 Å². The third-order valence-electron chi connectivity index (χ3n) is 6.26. The molecule has 2 heterocycles. The fraction of sp³-hybridized carbons (Fsp3) is 0.385. The lowest BCUT2D eigenvalue weighted by Crippen LogP contribution is -2.40. The lowest BCUT2D eigenvalue weighted by molar-refractivity contribution is -0.134. The molecule has 0 N–H and O–H groups in total. The van der Waals surface area contributed by atoms with Crippen LogP contribution in [-0.2, 0) is 4.79 Å². The Morgan fingerprint density at radius 2 is 1.82 bits per heavy atom. The van der Waals surface area contributed by atoms with E-state index >= 15 is 0 Å². The van der Waals surface area contributed by atoms with Crippen molar-refractivity contribution in [3.8, 4) is 17.0 Å². The van der Waals surface area contributed by atoms with Gasteiger partial charge in [0.25, 0.3) is 5.91 Å². The minimum atomic E-state index is -0.0308. The molecule has 1 amide bonds. The van der Waals surface area contributed by atoms with E-state index < -0.39 is 0 Å². The molecule has 0 spiro atoms. The molecule has 3 aromatic rings. The number of ether oxygens (including phenoxy) is 1. The summed E-state index contributed by atoms with van der Waals surface area (Å²) in [6.07, 6.45) is 1.81. The van der Waals surface area contributed by atoms with Crippen LogP contribution in [-0.4, -0.2) is 48.6 Å². The molecule has 1 aromatic heterocycles. The smallest absolute Gasteiger partial charge is 0.260 e. The van der Waals surface area contributed by atoms with Crippen LogP contribution in [0, 0.1) is 0 Å². The number of rotatable bonds is 8. The van der Waals surface area contributed by atoms with Crippen molar-refractivity contribution < 1.29 is 9.53 Å². The number of carbonyl (C=O) groups excluding carboxylic acids is 1. The number of amides is 1. The number of piperidine rings is 1. The maximum atomic E-state index is 12.6. The zero-order valence-corrected chi connectivity index (χ0v) is 21.8. The van der Waals surface area contributed by atoms with Crippen LogP contribution in [0.25, 0.3) is 11.3 Å². The largest absolute Gasteiger partial charge is 0.482 e. The quantitative estimate of drug-likeness (QED) is 0.331. The van der Waals surface area contributed by atoms with E-state index in [0.717, 1.165) is 42.2 Å². The second-order valence-electron chi connectivity index (χ2n) is 8.31. The molecular formula is C26H29Cl2N3O2S. The van der Waals surface area contributed by atoms with E-state index in [0.29, 0.717) is 34.8 Å². The molecule has 5 nitrogen and oxygen atoms in total. The van der Waals surface area contributed by atoms with Crippen LogP contribution in [0.2, 0.25) is 10.0 Å². The van der Waals surface area contributed by atoms with Crippen molar-refractivity contribution in [3.63, 3.8) is 0 Å². The maximum absolute atomic E-state index is 12.6. The summed E-state index contributed by atoms with van der Waals surface area (Å²) in [6.45, 7) is 7.72. The van der Waals surface area contributed by atoms with Gasteiger partial charge in [0.15, 0.2) is 6.61 Å². The summed E-state index contributed by atoms with van der Waals surface area (Å²) in [6, 6.07) is 13.6. The molecular weight excluding hydrogens is 489 g/mol. The molecule has 0 saturated carbocycles. The van der Waals surface area contributed by atoms with E-state index in [2.05, 4.69) is 48.4 Å². The first-order valence-electron chi connectivity index (χ1n) is 11.6. The lowest BCUT2D eigenvalue weighted by Gasteiger charge is -2.31. The van der Waals surface area contributed by atoms with Crippen molar-refractivity contribution in [1.82, 2.24) is 9.88 Å². The van der Waals surface area contributed by atoms with Gasteiger partial charge in [-0.3, -0.25) is 4.79 Å². The standard InChI is InChI=1S/C26H29Cl2N3O2S/c1-3-30(4-2)21-8-5-18(6-9-21)23-17-34-26(29-23)19-11-13-31(14-12-19)25(32)16-33-24-10-7-20(27)15-22(24)28/h5-10,15,17,19H,3-4,11-14,16H2,1-2H3. The van der Waals surface area contributed by atoms with Crippen LogP contribution in [0.3, 0.4) is 0 Å². The molecule has 1 fully saturated rings. The Hall–Kier alpha value is -2.28. The van der Waals surface area contributed by atoms with Gasteiger partial charge in [-0.25, -0.2) is 4.98 Å². The second kappa shape index (κ2) is 11.4. The number of hydrogen-bond donors (Lipinski definition) is 0. The van der Waals surface area contributed by atoms with Gasteiger partial charge in [-0.2, -0.15) is 0 Å². The lowest BCUT2D eigenvalue weighted by atomic mass is 9.97. The average molecular weight is 519 g/mol. The number of carbonyl (C=O) groups is 1. The molecule has 1 aliphatic heterocycles. The Morgan fingerprint density at radius 3 is 2.47 bits per heavy atom. The van der Waals surface area contributed by atoms with Gasteiger partial charge in [0.05, 0.1) is 15.7 Å². The average Bonchev–Trinajstić information content (AvgIpc) is 3.35. The van der Waals surface area contributed by atoms with E-state index in [-0.39, 0.29) is 12.5 Å². The second-order valence-corrected chi connectivity index (χ2v) is 10.0. The molecule has 180 valence electrons. The summed E-state index contributed by atoms with van der Waals surface area (Å²) in [7, 11) is 0. The molecule has 0 bridgehead atoms. The molecule has 1 saturated heterocycles. The van der Waals surface area contributed by atoms with Gasteiger partial charge in [0.2, 0.25) is 0 Å². The fourth-order valence-corrected chi connectivity index (χ4v) is 5.70. The van der Waals surface area contributed by atoms with E-state index in [1.807, 2.05) is 4.90 Å². The van der Waals surface area contributed by atoms with Gasteiger partial charge in [-0.15, -0.1) is 11.3 Å². The minimum absolute atomic E-state index is 0.0300. The van der Waals surface area contributed by atoms with Crippen LogP contribution in [0.5, 0.6) is 5.75 Å². The summed E-state index contributed by atoms with van der Waals surface area (Å²) in [5.74, 6) is 0.816. The number of nitrogens with zero attached hydrogens (tertiary/aromatic N) is 3. The highest BCUT2D eigenvalue weighted by Gasteiger charge is 2.26. The van der Waals surface area contributed by atoms with Gasteiger partial charge in [0.1, 0.15) is 5.75 Å². The summed E-state index contributed by atoms with van der Waals surface area (Å²) in [5, 5.41) is 4.23. The van der Waals surface area contributed by atoms with Gasteiger partial charge < -0.3 is 14.5 Å². The third kappa shape index (κ3) is 5.85. The highest BCUT2D eigenvalue weighted by atomic mass is 35.5. The number of anilines is 1. The number of halogens is 2. The maximum Gasteiger partial charge on any atom is 0.260 e. The summed E-state index contributed by atoms with van der Waals surface area (Å²) >= 11 is 13.7. The normalized spacial score (nSPS) is 14.3. The predicted octanol–water partition coefficient (Wildman–Crippen LogP) is 6.75. The van der Waals surface area contributed by atoms with E-state index in [1.165, 1.54) is 5.69 Å². The summed E-state index contributed by atoms with van der Waals surface area (Å²) in [5.41, 5.74) is 3.41. The number of thiazole rings is 1. The first-order chi connectivity index (χ1) is 16.5. The van der Waals surface area contributed by atoms with Crippen molar-refractivity contribution in [3.05, 3.63) is 62.9 Å². The van der Waals surface area contributed by atoms with Gasteiger partial charge >= 0.3 is 0 Å². The SMILES string of the molecule is CCN(CC)c1ccc(-c2csc(C3CCN(C(=O)COc4ccc(Cl)cc4Cl)CC3)n2)cc1. The summed E-state index contributed by atoms with van der Waals surface area (Å²) in [4.78, 5) is 21.7. The Balaban J connectivity index is 1.30. The van der Waals surface area contributed by atoms with Gasteiger partial charge in [0, 0.05) is 53.8 Å². The number of aromatic nitrogens is 1. The predicted molar refractivity (Wildman–Crippen MR) is 142 cm³/mol. The number of hydrogen-bond acceptors (Lipinski definition) is 5. The fourth-order valence-electron chi connectivity index (χ4n) is 4.24. The van der Waals surface area contributed by atoms with Gasteiger partial charge in [-0.1, -0.05) is 35.3 Å². The van der Waals surface area contributed by atoms with E-state index in [9.17, 15) is 4.79 Å². The first kappa shape index (κ1) is 24.8. The van der Waals surface area contributed by atoms with Crippen LogP contribution < -0.4 is 9.64 Å². The summed E-state index contributed by atoms with van der Waals surface area (Å²) < 4.78 is 5.61. The first-order valence-corrected chi connectivity index (χ1v) is 13.3.